The summed E-state index contributed by atoms with van der Waals surface area (Å²) in [5.41, 5.74) is 4.97. The Balaban J connectivity index is 1.62. The molecule has 1 aliphatic rings. The van der Waals surface area contributed by atoms with Crippen LogP contribution in [0.3, 0.4) is 0 Å². The van der Waals surface area contributed by atoms with Crippen molar-refractivity contribution in [2.75, 3.05) is 0 Å². The topological polar surface area (TPSA) is 21.1 Å². The standard InChI is InChI=1S/C22H25N3/c1-17(2)22-16-25-20(13-21(23-25)19-11-7-4-8-12-19)15-24(22)14-18-9-5-3-6-10-18/h3-13,17,22H,14-16H2,1-2H3/t22-/m0/s1. The predicted molar refractivity (Wildman–Crippen MR) is 102 cm³/mol. The van der Waals surface area contributed by atoms with Gasteiger partial charge in [0.05, 0.1) is 17.9 Å². The molecule has 0 bridgehead atoms. The SMILES string of the molecule is CC(C)[C@@H]1Cn2nc(-c3ccccc3)cc2CN1Cc1ccccc1. The zero-order valence-corrected chi connectivity index (χ0v) is 15.0. The zero-order chi connectivity index (χ0) is 17.2. The second kappa shape index (κ2) is 6.85. The summed E-state index contributed by atoms with van der Waals surface area (Å²) in [7, 11) is 0. The van der Waals surface area contributed by atoms with E-state index >= 15 is 0 Å². The predicted octanol–water partition coefficient (Wildman–Crippen LogP) is 4.59. The highest BCUT2D eigenvalue weighted by Crippen LogP contribution is 2.27. The molecule has 0 amide bonds. The van der Waals surface area contributed by atoms with Crippen LogP contribution in [0, 0.1) is 5.92 Å². The van der Waals surface area contributed by atoms with Crippen LogP contribution in [0.1, 0.15) is 25.1 Å². The highest BCUT2D eigenvalue weighted by molar-refractivity contribution is 5.59. The minimum atomic E-state index is 0.510. The molecule has 128 valence electrons. The minimum absolute atomic E-state index is 0.510. The number of fused-ring (bicyclic) bond motifs is 1. The first-order valence-electron chi connectivity index (χ1n) is 9.11. The molecule has 0 saturated carbocycles. The number of hydrogen-bond acceptors (Lipinski definition) is 2. The van der Waals surface area contributed by atoms with Crippen LogP contribution in [0.15, 0.2) is 66.7 Å². The molecule has 1 aliphatic heterocycles. The largest absolute Gasteiger partial charge is 0.288 e. The first kappa shape index (κ1) is 16.1. The summed E-state index contributed by atoms with van der Waals surface area (Å²) in [6, 6.07) is 24.0. The van der Waals surface area contributed by atoms with Crippen molar-refractivity contribution in [1.29, 1.82) is 0 Å². The molecule has 0 radical (unpaired) electrons. The Morgan fingerprint density at radius 2 is 1.68 bits per heavy atom. The van der Waals surface area contributed by atoms with Crippen LogP contribution in [0.2, 0.25) is 0 Å². The molecule has 0 fully saturated rings. The van der Waals surface area contributed by atoms with E-state index in [1.807, 2.05) is 0 Å². The van der Waals surface area contributed by atoms with Gasteiger partial charge in [-0.1, -0.05) is 74.5 Å². The molecule has 1 aromatic heterocycles. The van der Waals surface area contributed by atoms with E-state index in [1.54, 1.807) is 0 Å². The number of nitrogens with zero attached hydrogens (tertiary/aromatic N) is 3. The first-order chi connectivity index (χ1) is 12.2. The molecule has 25 heavy (non-hydrogen) atoms. The summed E-state index contributed by atoms with van der Waals surface area (Å²) in [6.07, 6.45) is 0. The van der Waals surface area contributed by atoms with Gasteiger partial charge in [-0.05, 0) is 17.5 Å². The summed E-state index contributed by atoms with van der Waals surface area (Å²) >= 11 is 0. The quantitative estimate of drug-likeness (QED) is 0.697. The van der Waals surface area contributed by atoms with Crippen molar-refractivity contribution in [1.82, 2.24) is 14.7 Å². The van der Waals surface area contributed by atoms with E-state index in [9.17, 15) is 0 Å². The molecule has 3 aromatic rings. The van der Waals surface area contributed by atoms with Crippen LogP contribution in [-0.2, 0) is 19.6 Å². The normalized spacial score (nSPS) is 17.6. The van der Waals surface area contributed by atoms with Gasteiger partial charge in [0.2, 0.25) is 0 Å². The zero-order valence-electron chi connectivity index (χ0n) is 15.0. The van der Waals surface area contributed by atoms with Crippen LogP contribution in [-0.4, -0.2) is 20.7 Å². The molecule has 0 aliphatic carbocycles. The third-order valence-electron chi connectivity index (χ3n) is 5.13. The molecule has 3 heteroatoms. The Morgan fingerprint density at radius 3 is 2.36 bits per heavy atom. The van der Waals surface area contributed by atoms with Gasteiger partial charge in [0.25, 0.3) is 0 Å². The Morgan fingerprint density at radius 1 is 1.00 bits per heavy atom. The summed E-state index contributed by atoms with van der Waals surface area (Å²) in [6.45, 7) is 7.55. The molecule has 1 atom stereocenters. The van der Waals surface area contributed by atoms with Gasteiger partial charge in [-0.3, -0.25) is 9.58 Å². The maximum absolute atomic E-state index is 4.89. The Hall–Kier alpha value is -2.39. The Kier molecular flexibility index (Phi) is 4.41. The van der Waals surface area contributed by atoms with E-state index in [0.717, 1.165) is 25.3 Å². The molecular weight excluding hydrogens is 306 g/mol. The maximum Gasteiger partial charge on any atom is 0.0926 e. The van der Waals surface area contributed by atoms with Gasteiger partial charge in [-0.25, -0.2) is 0 Å². The van der Waals surface area contributed by atoms with Gasteiger partial charge in [0.1, 0.15) is 0 Å². The van der Waals surface area contributed by atoms with Crippen molar-refractivity contribution in [3.8, 4) is 11.3 Å². The van der Waals surface area contributed by atoms with Gasteiger partial charge in [0.15, 0.2) is 0 Å². The lowest BCUT2D eigenvalue weighted by molar-refractivity contribution is 0.0903. The molecule has 2 heterocycles. The fourth-order valence-electron chi connectivity index (χ4n) is 3.73. The van der Waals surface area contributed by atoms with E-state index < -0.39 is 0 Å². The van der Waals surface area contributed by atoms with Crippen LogP contribution in [0.4, 0.5) is 0 Å². The van der Waals surface area contributed by atoms with Gasteiger partial charge in [-0.2, -0.15) is 5.10 Å². The number of benzene rings is 2. The van der Waals surface area contributed by atoms with Crippen molar-refractivity contribution < 1.29 is 0 Å². The number of aromatic nitrogens is 2. The number of rotatable bonds is 4. The van der Waals surface area contributed by atoms with Crippen molar-refractivity contribution >= 4 is 0 Å². The van der Waals surface area contributed by atoms with Gasteiger partial charge in [-0.15, -0.1) is 0 Å². The van der Waals surface area contributed by atoms with E-state index in [0.29, 0.717) is 12.0 Å². The lowest BCUT2D eigenvalue weighted by atomic mass is 9.99. The second-order valence-electron chi connectivity index (χ2n) is 7.27. The Bertz CT molecular complexity index is 821. The fraction of sp³-hybridized carbons (Fsp3) is 0.318. The summed E-state index contributed by atoms with van der Waals surface area (Å²) in [5, 5.41) is 4.89. The molecule has 0 spiro atoms. The van der Waals surface area contributed by atoms with Crippen molar-refractivity contribution in [3.63, 3.8) is 0 Å². The molecule has 0 N–H and O–H groups in total. The van der Waals surface area contributed by atoms with Crippen molar-refractivity contribution in [2.24, 2.45) is 5.92 Å². The molecule has 3 nitrogen and oxygen atoms in total. The van der Waals surface area contributed by atoms with Crippen LogP contribution in [0.5, 0.6) is 0 Å². The van der Waals surface area contributed by atoms with Crippen molar-refractivity contribution in [3.05, 3.63) is 78.0 Å². The van der Waals surface area contributed by atoms with Gasteiger partial charge < -0.3 is 0 Å². The second-order valence-corrected chi connectivity index (χ2v) is 7.27. The molecule has 0 unspecified atom stereocenters. The summed E-state index contributed by atoms with van der Waals surface area (Å²) < 4.78 is 2.22. The van der Waals surface area contributed by atoms with Crippen molar-refractivity contribution in [2.45, 2.75) is 39.5 Å². The number of hydrogen-bond donors (Lipinski definition) is 0. The first-order valence-corrected chi connectivity index (χ1v) is 9.11. The Labute approximate surface area is 149 Å². The van der Waals surface area contributed by atoms with E-state index in [2.05, 4.69) is 90.2 Å². The minimum Gasteiger partial charge on any atom is -0.288 e. The maximum atomic E-state index is 4.89. The van der Waals surface area contributed by atoms with Gasteiger partial charge in [0, 0.05) is 24.7 Å². The highest BCUT2D eigenvalue weighted by atomic mass is 15.4. The van der Waals surface area contributed by atoms with Crippen LogP contribution >= 0.6 is 0 Å². The lowest BCUT2D eigenvalue weighted by Crippen LogP contribution is -2.45. The van der Waals surface area contributed by atoms with E-state index in [-0.39, 0.29) is 0 Å². The molecular formula is C22H25N3. The highest BCUT2D eigenvalue weighted by Gasteiger charge is 2.29. The molecule has 2 aromatic carbocycles. The third kappa shape index (κ3) is 3.38. The third-order valence-corrected chi connectivity index (χ3v) is 5.13. The average molecular weight is 331 g/mol. The summed E-state index contributed by atoms with van der Waals surface area (Å²) in [5.74, 6) is 0.598. The lowest BCUT2D eigenvalue weighted by Gasteiger charge is -2.38. The molecule has 0 saturated heterocycles. The van der Waals surface area contributed by atoms with Crippen LogP contribution in [0.25, 0.3) is 11.3 Å². The van der Waals surface area contributed by atoms with E-state index in [4.69, 9.17) is 5.10 Å². The van der Waals surface area contributed by atoms with E-state index in [1.165, 1.54) is 16.8 Å². The monoisotopic (exact) mass is 331 g/mol. The smallest absolute Gasteiger partial charge is 0.0926 e. The molecule has 4 rings (SSSR count). The van der Waals surface area contributed by atoms with Gasteiger partial charge >= 0.3 is 0 Å². The fourth-order valence-corrected chi connectivity index (χ4v) is 3.73. The average Bonchev–Trinajstić information content (AvgIpc) is 3.05. The summed E-state index contributed by atoms with van der Waals surface area (Å²) in [4.78, 5) is 2.60. The van der Waals surface area contributed by atoms with Crippen LogP contribution < -0.4 is 0 Å².